The zero-order valence-corrected chi connectivity index (χ0v) is 12.2. The van der Waals surface area contributed by atoms with Gasteiger partial charge in [-0.3, -0.25) is 4.79 Å². The number of aromatic amines is 1. The molecule has 3 nitrogen and oxygen atoms in total. The van der Waals surface area contributed by atoms with E-state index in [1.54, 1.807) is 12.3 Å². The van der Waals surface area contributed by atoms with Gasteiger partial charge < -0.3 is 10.3 Å². The summed E-state index contributed by atoms with van der Waals surface area (Å²) in [7, 11) is 0. The number of amides is 1. The third kappa shape index (κ3) is 3.09. The van der Waals surface area contributed by atoms with Crippen molar-refractivity contribution in [1.29, 1.82) is 0 Å². The average molecular weight is 299 g/mol. The number of fused-ring (bicyclic) bond motifs is 1. The maximum Gasteiger partial charge on any atom is 0.253 e. The smallest absolute Gasteiger partial charge is 0.253 e. The Bertz CT molecular complexity index is 765. The van der Waals surface area contributed by atoms with E-state index in [-0.39, 0.29) is 5.91 Å². The van der Waals surface area contributed by atoms with E-state index in [4.69, 9.17) is 11.6 Å². The molecule has 0 saturated carbocycles. The standard InChI is InChI=1S/C17H15ClN2O/c18-13-6-7-14-15(11-20-16(14)10-13)17(21)19-9-8-12-4-2-1-3-5-12/h1-7,10-11,20H,8-9H2,(H,19,21). The SMILES string of the molecule is O=C(NCCc1ccccc1)c1c[nH]c2cc(Cl)ccc12. The van der Waals surface area contributed by atoms with Gasteiger partial charge in [0, 0.05) is 28.7 Å². The predicted molar refractivity (Wildman–Crippen MR) is 85.8 cm³/mol. The van der Waals surface area contributed by atoms with Crippen molar-refractivity contribution in [1.82, 2.24) is 10.3 Å². The first kappa shape index (κ1) is 13.7. The highest BCUT2D eigenvalue weighted by molar-refractivity contribution is 6.31. The molecule has 0 radical (unpaired) electrons. The first-order chi connectivity index (χ1) is 10.2. The molecule has 0 unspecified atom stereocenters. The Labute approximate surface area is 127 Å². The van der Waals surface area contributed by atoms with Crippen molar-refractivity contribution >= 4 is 28.4 Å². The molecule has 106 valence electrons. The molecule has 0 aliphatic rings. The summed E-state index contributed by atoms with van der Waals surface area (Å²) in [4.78, 5) is 15.3. The molecule has 0 bridgehead atoms. The van der Waals surface area contributed by atoms with E-state index in [0.29, 0.717) is 17.1 Å². The summed E-state index contributed by atoms with van der Waals surface area (Å²) in [6.07, 6.45) is 2.54. The van der Waals surface area contributed by atoms with E-state index in [9.17, 15) is 4.79 Å². The van der Waals surface area contributed by atoms with Crippen molar-refractivity contribution in [2.45, 2.75) is 6.42 Å². The number of hydrogen-bond acceptors (Lipinski definition) is 1. The van der Waals surface area contributed by atoms with Gasteiger partial charge in [0.1, 0.15) is 0 Å². The van der Waals surface area contributed by atoms with Crippen LogP contribution in [-0.2, 0) is 6.42 Å². The molecule has 0 aliphatic carbocycles. The van der Waals surface area contributed by atoms with Crippen molar-refractivity contribution < 1.29 is 4.79 Å². The Balaban J connectivity index is 1.67. The summed E-state index contributed by atoms with van der Waals surface area (Å²) in [6.45, 7) is 0.614. The molecule has 1 heterocycles. The van der Waals surface area contributed by atoms with Gasteiger partial charge in [0.2, 0.25) is 0 Å². The number of halogens is 1. The number of carbonyl (C=O) groups is 1. The molecule has 3 rings (SSSR count). The number of H-pyrrole nitrogens is 1. The number of carbonyl (C=O) groups excluding carboxylic acids is 1. The van der Waals surface area contributed by atoms with Crippen LogP contribution in [0.5, 0.6) is 0 Å². The molecule has 1 amide bonds. The van der Waals surface area contributed by atoms with E-state index in [1.165, 1.54) is 5.56 Å². The van der Waals surface area contributed by atoms with E-state index in [2.05, 4.69) is 22.4 Å². The lowest BCUT2D eigenvalue weighted by Gasteiger charge is -2.04. The first-order valence-corrected chi connectivity index (χ1v) is 7.20. The number of nitrogens with one attached hydrogen (secondary N) is 2. The van der Waals surface area contributed by atoms with Crippen LogP contribution in [-0.4, -0.2) is 17.4 Å². The Morgan fingerprint density at radius 1 is 1.14 bits per heavy atom. The van der Waals surface area contributed by atoms with Gasteiger partial charge in [0.25, 0.3) is 5.91 Å². The molecule has 1 aromatic heterocycles. The van der Waals surface area contributed by atoms with Crippen LogP contribution in [0.1, 0.15) is 15.9 Å². The number of aromatic nitrogens is 1. The van der Waals surface area contributed by atoms with Crippen LogP contribution in [0.25, 0.3) is 10.9 Å². The molecule has 0 spiro atoms. The van der Waals surface area contributed by atoms with Crippen LogP contribution in [0, 0.1) is 0 Å². The highest BCUT2D eigenvalue weighted by Gasteiger charge is 2.11. The molecular formula is C17H15ClN2O. The Hall–Kier alpha value is -2.26. The normalized spacial score (nSPS) is 10.7. The molecule has 2 N–H and O–H groups in total. The minimum Gasteiger partial charge on any atom is -0.360 e. The van der Waals surface area contributed by atoms with Gasteiger partial charge >= 0.3 is 0 Å². The second-order valence-electron chi connectivity index (χ2n) is 4.88. The molecule has 21 heavy (non-hydrogen) atoms. The highest BCUT2D eigenvalue weighted by Crippen LogP contribution is 2.21. The van der Waals surface area contributed by atoms with Crippen molar-refractivity contribution in [3.63, 3.8) is 0 Å². The monoisotopic (exact) mass is 298 g/mol. The fourth-order valence-corrected chi connectivity index (χ4v) is 2.52. The lowest BCUT2D eigenvalue weighted by atomic mass is 10.1. The van der Waals surface area contributed by atoms with Crippen LogP contribution in [0.2, 0.25) is 5.02 Å². The predicted octanol–water partition coefficient (Wildman–Crippen LogP) is 3.79. The summed E-state index contributed by atoms with van der Waals surface area (Å²) in [5.74, 6) is -0.0699. The molecular weight excluding hydrogens is 284 g/mol. The van der Waals surface area contributed by atoms with Crippen LogP contribution in [0.15, 0.2) is 54.7 Å². The second-order valence-corrected chi connectivity index (χ2v) is 5.32. The topological polar surface area (TPSA) is 44.9 Å². The second kappa shape index (κ2) is 6.02. The number of benzene rings is 2. The minimum absolute atomic E-state index is 0.0699. The molecule has 4 heteroatoms. The quantitative estimate of drug-likeness (QED) is 0.756. The summed E-state index contributed by atoms with van der Waals surface area (Å²) in [6, 6.07) is 15.6. The number of rotatable bonds is 4. The van der Waals surface area contributed by atoms with E-state index >= 15 is 0 Å². The van der Waals surface area contributed by atoms with Crippen LogP contribution < -0.4 is 5.32 Å². The third-order valence-electron chi connectivity index (χ3n) is 3.43. The van der Waals surface area contributed by atoms with Crippen LogP contribution in [0.4, 0.5) is 0 Å². The fraction of sp³-hybridized carbons (Fsp3) is 0.118. The largest absolute Gasteiger partial charge is 0.360 e. The highest BCUT2D eigenvalue weighted by atomic mass is 35.5. The van der Waals surface area contributed by atoms with Crippen molar-refractivity contribution in [2.75, 3.05) is 6.54 Å². The van der Waals surface area contributed by atoms with Gasteiger partial charge in [-0.15, -0.1) is 0 Å². The Morgan fingerprint density at radius 2 is 1.95 bits per heavy atom. The Morgan fingerprint density at radius 3 is 2.76 bits per heavy atom. The lowest BCUT2D eigenvalue weighted by Crippen LogP contribution is -2.25. The maximum atomic E-state index is 12.2. The molecule has 0 fully saturated rings. The van der Waals surface area contributed by atoms with Crippen LogP contribution in [0.3, 0.4) is 0 Å². The molecule has 2 aromatic carbocycles. The van der Waals surface area contributed by atoms with Gasteiger partial charge in [-0.2, -0.15) is 0 Å². The maximum absolute atomic E-state index is 12.2. The van der Waals surface area contributed by atoms with Crippen molar-refractivity contribution in [3.05, 3.63) is 70.9 Å². The van der Waals surface area contributed by atoms with E-state index in [0.717, 1.165) is 17.3 Å². The summed E-state index contributed by atoms with van der Waals surface area (Å²) < 4.78 is 0. The molecule has 3 aromatic rings. The minimum atomic E-state index is -0.0699. The van der Waals surface area contributed by atoms with Crippen molar-refractivity contribution in [3.8, 4) is 0 Å². The Kier molecular flexibility index (Phi) is 3.93. The van der Waals surface area contributed by atoms with E-state index < -0.39 is 0 Å². The van der Waals surface area contributed by atoms with Crippen LogP contribution >= 0.6 is 11.6 Å². The first-order valence-electron chi connectivity index (χ1n) is 6.83. The lowest BCUT2D eigenvalue weighted by molar-refractivity contribution is 0.0956. The molecule has 0 aliphatic heterocycles. The van der Waals surface area contributed by atoms with Gasteiger partial charge in [-0.1, -0.05) is 48.0 Å². The molecule has 0 saturated heterocycles. The summed E-state index contributed by atoms with van der Waals surface area (Å²) in [5.41, 5.74) is 2.73. The fourth-order valence-electron chi connectivity index (χ4n) is 2.35. The molecule has 0 atom stereocenters. The van der Waals surface area contributed by atoms with E-state index in [1.807, 2.05) is 30.3 Å². The van der Waals surface area contributed by atoms with Gasteiger partial charge in [0.15, 0.2) is 0 Å². The average Bonchev–Trinajstić information content (AvgIpc) is 2.91. The zero-order chi connectivity index (χ0) is 14.7. The third-order valence-corrected chi connectivity index (χ3v) is 3.67. The number of hydrogen-bond donors (Lipinski definition) is 2. The van der Waals surface area contributed by atoms with Gasteiger partial charge in [-0.25, -0.2) is 0 Å². The van der Waals surface area contributed by atoms with Gasteiger partial charge in [-0.05, 0) is 24.1 Å². The zero-order valence-electron chi connectivity index (χ0n) is 11.4. The summed E-state index contributed by atoms with van der Waals surface area (Å²) in [5, 5.41) is 4.49. The summed E-state index contributed by atoms with van der Waals surface area (Å²) >= 11 is 5.94. The van der Waals surface area contributed by atoms with Gasteiger partial charge in [0.05, 0.1) is 5.56 Å². The van der Waals surface area contributed by atoms with Crippen molar-refractivity contribution in [2.24, 2.45) is 0 Å².